The second kappa shape index (κ2) is 5.68. The van der Waals surface area contributed by atoms with Gasteiger partial charge in [-0.2, -0.15) is 8.42 Å². The van der Waals surface area contributed by atoms with E-state index in [1.54, 1.807) is 24.3 Å². The van der Waals surface area contributed by atoms with Crippen molar-refractivity contribution in [3.05, 3.63) is 60.2 Å². The number of thioether (sulfide) groups is 1. The predicted octanol–water partition coefficient (Wildman–Crippen LogP) is 2.84. The quantitative estimate of drug-likeness (QED) is 0.609. The van der Waals surface area contributed by atoms with Crippen LogP contribution >= 0.6 is 11.8 Å². The molecule has 0 bridgehead atoms. The molecule has 25 heavy (non-hydrogen) atoms. The maximum Gasteiger partial charge on any atom is 0.359 e. The fourth-order valence-corrected chi connectivity index (χ4v) is 4.49. The first kappa shape index (κ1) is 15.8. The molecule has 2 aromatic carbocycles. The van der Waals surface area contributed by atoms with Crippen molar-refractivity contribution in [2.24, 2.45) is 5.16 Å². The van der Waals surface area contributed by atoms with Gasteiger partial charge in [0.25, 0.3) is 0 Å². The minimum atomic E-state index is -4.18. The van der Waals surface area contributed by atoms with Gasteiger partial charge in [-0.1, -0.05) is 17.3 Å². The minimum absolute atomic E-state index is 0.0624. The van der Waals surface area contributed by atoms with E-state index in [4.69, 9.17) is 4.28 Å². The fourth-order valence-electron chi connectivity index (χ4n) is 2.61. The van der Waals surface area contributed by atoms with Crippen LogP contribution in [0.1, 0.15) is 10.4 Å². The molecule has 0 aromatic heterocycles. The highest BCUT2D eigenvalue weighted by molar-refractivity contribution is 8.14. The van der Waals surface area contributed by atoms with Crippen molar-refractivity contribution in [1.82, 2.24) is 0 Å². The number of carbonyl (C=O) groups excluding carboxylic acids is 2. The number of carbonyl (C=O) groups is 2. The molecule has 0 radical (unpaired) electrons. The fraction of sp³-hybridized carbons (Fsp3) is 0. The largest absolute Gasteiger partial charge is 0.359 e. The van der Waals surface area contributed by atoms with E-state index in [2.05, 4.69) is 5.16 Å². The van der Waals surface area contributed by atoms with Crippen LogP contribution in [0.2, 0.25) is 0 Å². The van der Waals surface area contributed by atoms with E-state index in [1.165, 1.54) is 30.4 Å². The van der Waals surface area contributed by atoms with Crippen LogP contribution in [0.25, 0.3) is 10.8 Å². The number of rotatable bonds is 3. The Balaban J connectivity index is 1.77. The highest BCUT2D eigenvalue weighted by Crippen LogP contribution is 2.42. The number of hydrogen-bond donors (Lipinski definition) is 0. The third-order valence-corrected chi connectivity index (χ3v) is 5.86. The summed E-state index contributed by atoms with van der Waals surface area (Å²) in [7, 11) is -4.18. The Labute approximate surface area is 147 Å². The van der Waals surface area contributed by atoms with E-state index in [1.807, 2.05) is 0 Å². The molecule has 2 aliphatic rings. The van der Waals surface area contributed by atoms with Gasteiger partial charge < -0.3 is 0 Å². The summed E-state index contributed by atoms with van der Waals surface area (Å²) < 4.78 is 29.9. The first-order chi connectivity index (χ1) is 12.0. The van der Waals surface area contributed by atoms with E-state index in [-0.39, 0.29) is 21.5 Å². The first-order valence-electron chi connectivity index (χ1n) is 7.15. The maximum atomic E-state index is 12.5. The van der Waals surface area contributed by atoms with Crippen LogP contribution in [0.15, 0.2) is 69.6 Å². The summed E-state index contributed by atoms with van der Waals surface area (Å²) in [5.41, 5.74) is 0.692. The van der Waals surface area contributed by atoms with Gasteiger partial charge >= 0.3 is 10.1 Å². The third kappa shape index (κ3) is 2.69. The molecule has 1 aliphatic carbocycles. The Kier molecular flexibility index (Phi) is 3.59. The van der Waals surface area contributed by atoms with Gasteiger partial charge in [-0.25, -0.2) is 0 Å². The Morgan fingerprint density at radius 1 is 0.960 bits per heavy atom. The minimum Gasteiger partial charge on any atom is -0.290 e. The lowest BCUT2D eigenvalue weighted by molar-refractivity contribution is -0.110. The van der Waals surface area contributed by atoms with Crippen molar-refractivity contribution in [1.29, 1.82) is 0 Å². The molecule has 0 saturated heterocycles. The van der Waals surface area contributed by atoms with E-state index in [0.29, 0.717) is 16.3 Å². The summed E-state index contributed by atoms with van der Waals surface area (Å²) in [6, 6.07) is 7.92. The highest BCUT2D eigenvalue weighted by atomic mass is 32.2. The Morgan fingerprint density at radius 3 is 2.48 bits per heavy atom. The molecule has 124 valence electrons. The topological polar surface area (TPSA) is 89.9 Å². The maximum absolute atomic E-state index is 12.5. The molecule has 0 fully saturated rings. The lowest BCUT2D eigenvalue weighted by Gasteiger charge is -2.07. The normalized spacial score (nSPS) is 15.9. The number of oxime groups is 1. The van der Waals surface area contributed by atoms with Gasteiger partial charge in [-0.3, -0.25) is 13.9 Å². The van der Waals surface area contributed by atoms with Crippen molar-refractivity contribution < 1.29 is 22.3 Å². The Hall–Kier alpha value is -2.71. The molecule has 0 unspecified atom stereocenters. The molecule has 0 atom stereocenters. The molecule has 1 aliphatic heterocycles. The molecule has 4 rings (SSSR count). The molecule has 0 saturated carbocycles. The average molecular weight is 371 g/mol. The average Bonchev–Trinajstić information content (AvgIpc) is 2.92. The van der Waals surface area contributed by atoms with Crippen molar-refractivity contribution in [3.8, 4) is 0 Å². The number of benzene rings is 2. The zero-order valence-electron chi connectivity index (χ0n) is 12.5. The molecule has 8 heteroatoms. The molecular formula is C17H9NO5S2. The smallest absolute Gasteiger partial charge is 0.290 e. The van der Waals surface area contributed by atoms with Crippen LogP contribution in [0.4, 0.5) is 0 Å². The summed E-state index contributed by atoms with van der Waals surface area (Å²) in [5, 5.41) is 4.49. The van der Waals surface area contributed by atoms with Gasteiger partial charge in [0.1, 0.15) is 10.6 Å². The van der Waals surface area contributed by atoms with Gasteiger partial charge in [0.2, 0.25) is 5.12 Å². The van der Waals surface area contributed by atoms with Crippen molar-refractivity contribution in [2.45, 2.75) is 9.79 Å². The molecule has 0 spiro atoms. The summed E-state index contributed by atoms with van der Waals surface area (Å²) in [6.45, 7) is 0. The lowest BCUT2D eigenvalue weighted by atomic mass is 10.1. The van der Waals surface area contributed by atoms with E-state index < -0.39 is 10.1 Å². The van der Waals surface area contributed by atoms with Gasteiger partial charge in [-0.05, 0) is 54.3 Å². The predicted molar refractivity (Wildman–Crippen MR) is 93.1 cm³/mol. The SMILES string of the molecule is O=C1C=CC(=NOS(=O)(=O)c2ccc3c4c(cccc24)C(=O)S3)C=C1. The van der Waals surface area contributed by atoms with Crippen molar-refractivity contribution in [3.63, 3.8) is 0 Å². The number of ketones is 1. The van der Waals surface area contributed by atoms with Crippen LogP contribution in [0, 0.1) is 0 Å². The first-order valence-corrected chi connectivity index (χ1v) is 9.38. The number of hydrogen-bond acceptors (Lipinski definition) is 7. The van der Waals surface area contributed by atoms with E-state index in [9.17, 15) is 18.0 Å². The molecule has 2 aromatic rings. The summed E-state index contributed by atoms with van der Waals surface area (Å²) in [6.07, 6.45) is 5.24. The van der Waals surface area contributed by atoms with E-state index >= 15 is 0 Å². The zero-order valence-corrected chi connectivity index (χ0v) is 14.1. The molecule has 6 nitrogen and oxygen atoms in total. The Morgan fingerprint density at radius 2 is 1.72 bits per heavy atom. The van der Waals surface area contributed by atoms with Gasteiger partial charge in [0, 0.05) is 21.2 Å². The zero-order chi connectivity index (χ0) is 17.6. The second-order valence-electron chi connectivity index (χ2n) is 5.29. The lowest BCUT2D eigenvalue weighted by Crippen LogP contribution is -2.06. The van der Waals surface area contributed by atoms with Crippen molar-refractivity contribution in [2.75, 3.05) is 0 Å². The molecule has 1 heterocycles. The van der Waals surface area contributed by atoms with Crippen LogP contribution in [0.5, 0.6) is 0 Å². The van der Waals surface area contributed by atoms with Crippen LogP contribution in [-0.4, -0.2) is 25.0 Å². The van der Waals surface area contributed by atoms with Crippen LogP contribution < -0.4 is 0 Å². The molecular weight excluding hydrogens is 362 g/mol. The monoisotopic (exact) mass is 371 g/mol. The highest BCUT2D eigenvalue weighted by Gasteiger charge is 2.28. The molecule has 0 N–H and O–H groups in total. The van der Waals surface area contributed by atoms with Gasteiger partial charge in [-0.15, -0.1) is 0 Å². The third-order valence-electron chi connectivity index (χ3n) is 3.73. The van der Waals surface area contributed by atoms with Gasteiger partial charge in [0.05, 0.1) is 0 Å². The van der Waals surface area contributed by atoms with Crippen molar-refractivity contribution >= 4 is 49.3 Å². The molecule has 0 amide bonds. The number of allylic oxidation sites excluding steroid dienone is 4. The second-order valence-corrected chi connectivity index (χ2v) is 7.81. The van der Waals surface area contributed by atoms with Crippen LogP contribution in [-0.2, 0) is 19.2 Å². The summed E-state index contributed by atoms with van der Waals surface area (Å²) in [4.78, 5) is 23.7. The Bertz CT molecular complexity index is 1130. The van der Waals surface area contributed by atoms with Gasteiger partial charge in [0.15, 0.2) is 5.78 Å². The van der Waals surface area contributed by atoms with Crippen LogP contribution in [0.3, 0.4) is 0 Å². The summed E-state index contributed by atoms with van der Waals surface area (Å²) in [5.74, 6) is -0.212. The standard InChI is InChI=1S/C17H9NO5S2/c19-11-6-4-10(5-7-11)18-23-25(21,22)15-9-8-14-16-12(15)2-1-3-13(16)17(20)24-14/h1-9H. The van der Waals surface area contributed by atoms with E-state index in [0.717, 1.165) is 16.7 Å². The number of nitrogens with zero attached hydrogens (tertiary/aromatic N) is 1. The summed E-state index contributed by atoms with van der Waals surface area (Å²) >= 11 is 1.07.